The summed E-state index contributed by atoms with van der Waals surface area (Å²) in [5, 5.41) is 3.43. The Kier molecular flexibility index (Phi) is 2.07. The van der Waals surface area contributed by atoms with Gasteiger partial charge in [-0.1, -0.05) is 13.8 Å². The fourth-order valence-electron chi connectivity index (χ4n) is 0.998. The molecule has 0 aromatic rings. The zero-order valence-corrected chi connectivity index (χ0v) is 6.48. The van der Waals surface area contributed by atoms with E-state index in [1.165, 1.54) is 0 Å². The van der Waals surface area contributed by atoms with Gasteiger partial charge in [-0.25, -0.2) is 4.79 Å². The topological polar surface area (TPSA) is 59.0 Å². The van der Waals surface area contributed by atoms with Crippen LogP contribution < -0.4 is 0 Å². The Morgan fingerprint density at radius 2 is 2.36 bits per heavy atom. The number of carbonyl (C=O) groups excluding carboxylic acids is 1. The molecule has 0 spiro atoms. The highest BCUT2D eigenvalue weighted by Gasteiger charge is 2.36. The van der Waals surface area contributed by atoms with Crippen molar-refractivity contribution >= 4 is 6.09 Å². The van der Waals surface area contributed by atoms with E-state index in [-0.39, 0.29) is 18.6 Å². The average molecular weight is 158 g/mol. The number of nitroso groups, excluding NO2 is 1. The SMILES string of the molecule is CC(C)C1COC(=O)N1N=O. The van der Waals surface area contributed by atoms with Gasteiger partial charge in [0.2, 0.25) is 0 Å². The summed E-state index contributed by atoms with van der Waals surface area (Å²) in [4.78, 5) is 20.8. The van der Waals surface area contributed by atoms with Crippen LogP contribution in [0.5, 0.6) is 0 Å². The van der Waals surface area contributed by atoms with Crippen molar-refractivity contribution in [2.24, 2.45) is 11.2 Å². The van der Waals surface area contributed by atoms with Crippen LogP contribution in [0.1, 0.15) is 13.8 Å². The minimum Gasteiger partial charge on any atom is -0.446 e. The summed E-state index contributed by atoms with van der Waals surface area (Å²) in [7, 11) is 0. The van der Waals surface area contributed by atoms with Crippen LogP contribution in [0.25, 0.3) is 0 Å². The standard InChI is InChI=1S/C6H10N2O3/c1-4(2)5-3-11-6(9)8(5)7-10/h4-5H,3H2,1-2H3. The molecule has 0 saturated carbocycles. The van der Waals surface area contributed by atoms with Gasteiger partial charge in [-0.05, 0) is 5.92 Å². The minimum absolute atomic E-state index is 0.194. The lowest BCUT2D eigenvalue weighted by Crippen LogP contribution is -2.32. The number of ether oxygens (including phenoxy) is 1. The summed E-state index contributed by atoms with van der Waals surface area (Å²) in [5.41, 5.74) is 0. The number of hydrogen-bond donors (Lipinski definition) is 0. The molecule has 1 amide bonds. The normalized spacial score (nSPS) is 24.1. The molecular weight excluding hydrogens is 148 g/mol. The van der Waals surface area contributed by atoms with Crippen molar-refractivity contribution in [1.82, 2.24) is 5.01 Å². The number of carbonyl (C=O) groups is 1. The van der Waals surface area contributed by atoms with E-state index in [1.807, 2.05) is 13.8 Å². The van der Waals surface area contributed by atoms with Gasteiger partial charge in [0, 0.05) is 0 Å². The first-order valence-electron chi connectivity index (χ1n) is 3.46. The molecule has 0 radical (unpaired) electrons. The maximum atomic E-state index is 10.7. The number of hydrogen-bond acceptors (Lipinski definition) is 4. The zero-order valence-electron chi connectivity index (χ0n) is 6.48. The summed E-state index contributed by atoms with van der Waals surface area (Å²) in [6.07, 6.45) is -0.640. The Labute approximate surface area is 64.3 Å². The van der Waals surface area contributed by atoms with Gasteiger partial charge in [-0.2, -0.15) is 5.01 Å². The molecule has 62 valence electrons. The second-order valence-corrected chi connectivity index (χ2v) is 2.81. The number of nitrogens with zero attached hydrogens (tertiary/aromatic N) is 2. The molecule has 0 aromatic heterocycles. The van der Waals surface area contributed by atoms with Crippen molar-refractivity contribution in [3.05, 3.63) is 4.91 Å². The third-order valence-electron chi connectivity index (χ3n) is 1.74. The molecule has 0 bridgehead atoms. The number of amides is 1. The predicted molar refractivity (Wildman–Crippen MR) is 37.6 cm³/mol. The Balaban J connectivity index is 2.68. The molecule has 1 heterocycles. The van der Waals surface area contributed by atoms with Crippen LogP contribution in [0.15, 0.2) is 5.29 Å². The highest BCUT2D eigenvalue weighted by molar-refractivity contribution is 5.69. The summed E-state index contributed by atoms with van der Waals surface area (Å²) < 4.78 is 4.62. The molecule has 0 N–H and O–H groups in total. The van der Waals surface area contributed by atoms with E-state index in [0.29, 0.717) is 0 Å². The molecule has 0 aliphatic carbocycles. The molecule has 5 nitrogen and oxygen atoms in total. The van der Waals surface area contributed by atoms with E-state index in [9.17, 15) is 9.70 Å². The Morgan fingerprint density at radius 3 is 2.73 bits per heavy atom. The lowest BCUT2D eigenvalue weighted by Gasteiger charge is -2.15. The van der Waals surface area contributed by atoms with E-state index >= 15 is 0 Å². The molecule has 1 unspecified atom stereocenters. The van der Waals surface area contributed by atoms with Gasteiger partial charge in [0.1, 0.15) is 6.61 Å². The quantitative estimate of drug-likeness (QED) is 0.566. The predicted octanol–water partition coefficient (Wildman–Crippen LogP) is 1.14. The van der Waals surface area contributed by atoms with Crippen LogP contribution >= 0.6 is 0 Å². The number of cyclic esters (lactones) is 1. The monoisotopic (exact) mass is 158 g/mol. The van der Waals surface area contributed by atoms with Gasteiger partial charge in [0.15, 0.2) is 0 Å². The first kappa shape index (κ1) is 7.97. The minimum atomic E-state index is -0.640. The van der Waals surface area contributed by atoms with Gasteiger partial charge >= 0.3 is 6.09 Å². The smallest absolute Gasteiger partial charge is 0.433 e. The average Bonchev–Trinajstić information content (AvgIpc) is 2.30. The highest BCUT2D eigenvalue weighted by Crippen LogP contribution is 2.18. The summed E-state index contributed by atoms with van der Waals surface area (Å²) >= 11 is 0. The van der Waals surface area contributed by atoms with Crippen molar-refractivity contribution in [2.75, 3.05) is 6.61 Å². The molecule has 1 atom stereocenters. The molecule has 11 heavy (non-hydrogen) atoms. The zero-order chi connectivity index (χ0) is 8.43. The molecule has 5 heteroatoms. The molecule has 1 fully saturated rings. The van der Waals surface area contributed by atoms with Crippen LogP contribution in [-0.4, -0.2) is 23.8 Å². The Hall–Kier alpha value is -1.13. The third kappa shape index (κ3) is 1.31. The first-order chi connectivity index (χ1) is 5.16. The van der Waals surface area contributed by atoms with E-state index in [0.717, 1.165) is 5.01 Å². The van der Waals surface area contributed by atoms with Crippen molar-refractivity contribution in [3.8, 4) is 0 Å². The molecule has 1 saturated heterocycles. The molecule has 1 rings (SSSR count). The van der Waals surface area contributed by atoms with Crippen LogP contribution in [0.4, 0.5) is 4.79 Å². The fourth-order valence-corrected chi connectivity index (χ4v) is 0.998. The number of rotatable bonds is 2. The summed E-state index contributed by atoms with van der Waals surface area (Å²) in [6.45, 7) is 4.08. The molecule has 0 aromatic carbocycles. The first-order valence-corrected chi connectivity index (χ1v) is 3.46. The van der Waals surface area contributed by atoms with E-state index in [2.05, 4.69) is 10.0 Å². The van der Waals surface area contributed by atoms with Crippen molar-refractivity contribution in [3.63, 3.8) is 0 Å². The molecule has 1 aliphatic rings. The molecular formula is C6H10N2O3. The van der Waals surface area contributed by atoms with E-state index in [1.54, 1.807) is 0 Å². The third-order valence-corrected chi connectivity index (χ3v) is 1.74. The second kappa shape index (κ2) is 2.86. The summed E-state index contributed by atoms with van der Waals surface area (Å²) in [5.74, 6) is 0.194. The lowest BCUT2D eigenvalue weighted by molar-refractivity contribution is 0.157. The van der Waals surface area contributed by atoms with Crippen molar-refractivity contribution < 1.29 is 9.53 Å². The van der Waals surface area contributed by atoms with E-state index < -0.39 is 6.09 Å². The van der Waals surface area contributed by atoms with Crippen LogP contribution in [-0.2, 0) is 4.74 Å². The Morgan fingerprint density at radius 1 is 1.73 bits per heavy atom. The van der Waals surface area contributed by atoms with Gasteiger partial charge in [-0.3, -0.25) is 0 Å². The Bertz CT molecular complexity index is 181. The fraction of sp³-hybridized carbons (Fsp3) is 0.833. The maximum Gasteiger partial charge on any atom is 0.433 e. The largest absolute Gasteiger partial charge is 0.446 e. The maximum absolute atomic E-state index is 10.7. The van der Waals surface area contributed by atoms with Crippen LogP contribution in [0.3, 0.4) is 0 Å². The lowest BCUT2D eigenvalue weighted by atomic mass is 10.1. The molecule has 1 aliphatic heterocycles. The summed E-state index contributed by atoms with van der Waals surface area (Å²) in [6, 6.07) is -0.194. The van der Waals surface area contributed by atoms with Gasteiger partial charge in [0.05, 0.1) is 11.3 Å². The van der Waals surface area contributed by atoms with Gasteiger partial charge in [-0.15, -0.1) is 4.91 Å². The van der Waals surface area contributed by atoms with Crippen molar-refractivity contribution in [2.45, 2.75) is 19.9 Å². The highest BCUT2D eigenvalue weighted by atomic mass is 16.6. The van der Waals surface area contributed by atoms with Crippen molar-refractivity contribution in [1.29, 1.82) is 0 Å². The van der Waals surface area contributed by atoms with E-state index in [4.69, 9.17) is 0 Å². The van der Waals surface area contributed by atoms with Gasteiger partial charge in [0.25, 0.3) is 0 Å². The van der Waals surface area contributed by atoms with Gasteiger partial charge < -0.3 is 4.74 Å². The second-order valence-electron chi connectivity index (χ2n) is 2.81. The van der Waals surface area contributed by atoms with Crippen LogP contribution in [0, 0.1) is 10.8 Å². The van der Waals surface area contributed by atoms with Crippen LogP contribution in [0.2, 0.25) is 0 Å².